The van der Waals surface area contributed by atoms with Crippen molar-refractivity contribution in [2.24, 2.45) is 0 Å². The molecule has 0 saturated carbocycles. The largest absolute Gasteiger partial charge is 0.444 e. The number of ether oxygens (including phenoxy) is 1. The van der Waals surface area contributed by atoms with Crippen molar-refractivity contribution in [1.82, 2.24) is 19.9 Å². The van der Waals surface area contributed by atoms with Gasteiger partial charge in [-0.25, -0.2) is 9.48 Å². The SMILES string of the molecule is CC(C)(C)OC(=O)N1C2CCC1CC(n1ccnn1)C2. The summed E-state index contributed by atoms with van der Waals surface area (Å²) in [6.45, 7) is 5.74. The van der Waals surface area contributed by atoms with E-state index < -0.39 is 5.60 Å². The molecular formula is C14H22N4O2. The minimum absolute atomic E-state index is 0.165. The maximum Gasteiger partial charge on any atom is 0.410 e. The van der Waals surface area contributed by atoms with Crippen molar-refractivity contribution < 1.29 is 9.53 Å². The van der Waals surface area contributed by atoms with Crippen LogP contribution >= 0.6 is 0 Å². The molecule has 0 aromatic carbocycles. The van der Waals surface area contributed by atoms with Gasteiger partial charge in [-0.1, -0.05) is 5.21 Å². The normalized spacial score (nSPS) is 29.6. The smallest absolute Gasteiger partial charge is 0.410 e. The zero-order valence-electron chi connectivity index (χ0n) is 12.3. The number of amides is 1. The Morgan fingerprint density at radius 3 is 2.35 bits per heavy atom. The van der Waals surface area contributed by atoms with Crippen molar-refractivity contribution in [3.63, 3.8) is 0 Å². The molecule has 6 heteroatoms. The summed E-state index contributed by atoms with van der Waals surface area (Å²) >= 11 is 0. The molecule has 2 saturated heterocycles. The van der Waals surface area contributed by atoms with Crippen LogP contribution in [0.15, 0.2) is 12.4 Å². The zero-order chi connectivity index (χ0) is 14.3. The van der Waals surface area contributed by atoms with E-state index in [0.29, 0.717) is 6.04 Å². The Labute approximate surface area is 119 Å². The van der Waals surface area contributed by atoms with Gasteiger partial charge in [-0.2, -0.15) is 0 Å². The molecule has 1 amide bonds. The fraction of sp³-hybridized carbons (Fsp3) is 0.786. The van der Waals surface area contributed by atoms with Crippen LogP contribution in [0.5, 0.6) is 0 Å². The summed E-state index contributed by atoms with van der Waals surface area (Å²) in [6.07, 6.45) is 7.47. The van der Waals surface area contributed by atoms with Gasteiger partial charge in [0.2, 0.25) is 0 Å². The maximum atomic E-state index is 12.3. The summed E-state index contributed by atoms with van der Waals surface area (Å²) in [5.74, 6) is 0. The average molecular weight is 278 g/mol. The van der Waals surface area contributed by atoms with Crippen molar-refractivity contribution in [3.8, 4) is 0 Å². The summed E-state index contributed by atoms with van der Waals surface area (Å²) < 4.78 is 7.46. The van der Waals surface area contributed by atoms with E-state index in [0.717, 1.165) is 25.7 Å². The molecule has 2 unspecified atom stereocenters. The van der Waals surface area contributed by atoms with E-state index in [2.05, 4.69) is 10.3 Å². The highest BCUT2D eigenvalue weighted by Gasteiger charge is 2.45. The van der Waals surface area contributed by atoms with Crippen LogP contribution in [0, 0.1) is 0 Å². The number of rotatable bonds is 1. The summed E-state index contributed by atoms with van der Waals surface area (Å²) in [6, 6.07) is 0.907. The van der Waals surface area contributed by atoms with Gasteiger partial charge in [0.15, 0.2) is 0 Å². The second kappa shape index (κ2) is 4.75. The number of carbonyl (C=O) groups is 1. The van der Waals surface area contributed by atoms with Crippen molar-refractivity contribution in [2.75, 3.05) is 0 Å². The van der Waals surface area contributed by atoms with Crippen LogP contribution in [-0.4, -0.2) is 43.7 Å². The monoisotopic (exact) mass is 278 g/mol. The third kappa shape index (κ3) is 2.51. The molecular weight excluding hydrogens is 256 g/mol. The fourth-order valence-electron chi connectivity index (χ4n) is 3.39. The highest BCUT2D eigenvalue weighted by molar-refractivity contribution is 5.69. The molecule has 2 aliphatic heterocycles. The molecule has 0 N–H and O–H groups in total. The number of fused-ring (bicyclic) bond motifs is 2. The van der Waals surface area contributed by atoms with Gasteiger partial charge in [0.05, 0.1) is 12.2 Å². The van der Waals surface area contributed by atoms with Crippen LogP contribution in [0.3, 0.4) is 0 Å². The fourth-order valence-corrected chi connectivity index (χ4v) is 3.39. The highest BCUT2D eigenvalue weighted by atomic mass is 16.6. The number of hydrogen-bond donors (Lipinski definition) is 0. The quantitative estimate of drug-likeness (QED) is 0.791. The molecule has 2 bridgehead atoms. The highest BCUT2D eigenvalue weighted by Crippen LogP contribution is 2.41. The van der Waals surface area contributed by atoms with Crippen molar-refractivity contribution in [3.05, 3.63) is 12.4 Å². The Balaban J connectivity index is 1.70. The van der Waals surface area contributed by atoms with E-state index in [1.807, 2.05) is 36.5 Å². The Morgan fingerprint density at radius 2 is 1.85 bits per heavy atom. The van der Waals surface area contributed by atoms with Gasteiger partial charge in [0.25, 0.3) is 0 Å². The molecule has 2 atom stereocenters. The first-order valence-electron chi connectivity index (χ1n) is 7.31. The molecule has 1 aromatic rings. The first-order chi connectivity index (χ1) is 9.44. The topological polar surface area (TPSA) is 60.2 Å². The Bertz CT molecular complexity index is 466. The lowest BCUT2D eigenvalue weighted by Crippen LogP contribution is -2.48. The van der Waals surface area contributed by atoms with Gasteiger partial charge in [0.1, 0.15) is 5.60 Å². The third-order valence-corrected chi connectivity index (χ3v) is 4.13. The lowest BCUT2D eigenvalue weighted by atomic mass is 9.98. The molecule has 0 spiro atoms. The molecule has 1 aromatic heterocycles. The average Bonchev–Trinajstić information content (AvgIpc) is 2.94. The van der Waals surface area contributed by atoms with Crippen LogP contribution in [0.1, 0.15) is 52.5 Å². The van der Waals surface area contributed by atoms with E-state index >= 15 is 0 Å². The minimum Gasteiger partial charge on any atom is -0.444 e. The summed E-state index contributed by atoms with van der Waals surface area (Å²) in [7, 11) is 0. The van der Waals surface area contributed by atoms with E-state index in [9.17, 15) is 4.79 Å². The molecule has 0 aliphatic carbocycles. The lowest BCUT2D eigenvalue weighted by molar-refractivity contribution is 0.00223. The lowest BCUT2D eigenvalue weighted by Gasteiger charge is -2.39. The van der Waals surface area contributed by atoms with Gasteiger partial charge in [-0.15, -0.1) is 5.10 Å². The van der Waals surface area contributed by atoms with Gasteiger partial charge in [-0.05, 0) is 46.5 Å². The van der Waals surface area contributed by atoms with Gasteiger partial charge < -0.3 is 9.64 Å². The number of piperidine rings is 1. The van der Waals surface area contributed by atoms with Gasteiger partial charge in [-0.3, -0.25) is 0 Å². The number of carbonyl (C=O) groups excluding carboxylic acids is 1. The van der Waals surface area contributed by atoms with E-state index in [4.69, 9.17) is 4.74 Å². The van der Waals surface area contributed by atoms with Gasteiger partial charge in [0, 0.05) is 18.3 Å². The zero-order valence-corrected chi connectivity index (χ0v) is 12.3. The Hall–Kier alpha value is -1.59. The predicted octanol–water partition coefficient (Wildman–Crippen LogP) is 2.38. The van der Waals surface area contributed by atoms with Gasteiger partial charge >= 0.3 is 6.09 Å². The summed E-state index contributed by atoms with van der Waals surface area (Å²) in [4.78, 5) is 14.3. The molecule has 3 heterocycles. The molecule has 20 heavy (non-hydrogen) atoms. The summed E-state index contributed by atoms with van der Waals surface area (Å²) in [5, 5.41) is 7.98. The second-order valence-corrected chi connectivity index (χ2v) is 6.78. The predicted molar refractivity (Wildman–Crippen MR) is 73.2 cm³/mol. The summed E-state index contributed by atoms with van der Waals surface area (Å²) in [5.41, 5.74) is -0.431. The van der Waals surface area contributed by atoms with E-state index in [1.54, 1.807) is 6.20 Å². The second-order valence-electron chi connectivity index (χ2n) is 6.78. The molecule has 110 valence electrons. The molecule has 6 nitrogen and oxygen atoms in total. The Kier molecular flexibility index (Phi) is 3.18. The van der Waals surface area contributed by atoms with Crippen LogP contribution in [0.25, 0.3) is 0 Å². The number of aromatic nitrogens is 3. The molecule has 2 aliphatic rings. The third-order valence-electron chi connectivity index (χ3n) is 4.13. The minimum atomic E-state index is -0.431. The van der Waals surface area contributed by atoms with Crippen LogP contribution in [-0.2, 0) is 4.74 Å². The maximum absolute atomic E-state index is 12.3. The van der Waals surface area contributed by atoms with Crippen molar-refractivity contribution in [1.29, 1.82) is 0 Å². The van der Waals surface area contributed by atoms with Crippen LogP contribution < -0.4 is 0 Å². The van der Waals surface area contributed by atoms with Crippen LogP contribution in [0.4, 0.5) is 4.79 Å². The van der Waals surface area contributed by atoms with E-state index in [-0.39, 0.29) is 18.2 Å². The first kappa shape index (κ1) is 13.4. The molecule has 2 fully saturated rings. The van der Waals surface area contributed by atoms with Crippen LogP contribution in [0.2, 0.25) is 0 Å². The van der Waals surface area contributed by atoms with Crippen molar-refractivity contribution >= 4 is 6.09 Å². The van der Waals surface area contributed by atoms with Crippen molar-refractivity contribution in [2.45, 2.75) is 70.2 Å². The first-order valence-corrected chi connectivity index (χ1v) is 7.31. The van der Waals surface area contributed by atoms with E-state index in [1.165, 1.54) is 0 Å². The molecule has 3 rings (SSSR count). The number of nitrogens with zero attached hydrogens (tertiary/aromatic N) is 4. The standard InChI is InChI=1S/C14H22N4O2/c1-14(2,3)20-13(19)18-10-4-5-11(18)9-12(8-10)17-7-6-15-16-17/h6-7,10-12H,4-5,8-9H2,1-3H3. The molecule has 0 radical (unpaired) electrons. The Morgan fingerprint density at radius 1 is 1.20 bits per heavy atom. The number of hydrogen-bond acceptors (Lipinski definition) is 4.